The van der Waals surface area contributed by atoms with Crippen molar-refractivity contribution in [3.05, 3.63) is 53.6 Å². The van der Waals surface area contributed by atoms with Crippen LogP contribution in [0.2, 0.25) is 0 Å². The minimum Gasteiger partial charge on any atom is -0.318 e. The molecule has 3 rings (SSSR count). The molecular weight excluding hydrogens is 284 g/mol. The summed E-state index contributed by atoms with van der Waals surface area (Å²) in [5.74, 6) is -2.47. The number of ketones is 1. The first-order valence-corrected chi connectivity index (χ1v) is 6.49. The summed E-state index contributed by atoms with van der Waals surface area (Å²) < 4.78 is 26.7. The van der Waals surface area contributed by atoms with E-state index in [-0.39, 0.29) is 16.3 Å². The van der Waals surface area contributed by atoms with Crippen LogP contribution in [-0.4, -0.2) is 11.7 Å². The minimum absolute atomic E-state index is 0.0379. The molecule has 100 valence electrons. The molecule has 0 fully saturated rings. The van der Waals surface area contributed by atoms with Gasteiger partial charge >= 0.3 is 0 Å². The first-order valence-electron chi connectivity index (χ1n) is 5.67. The Labute approximate surface area is 117 Å². The first-order chi connectivity index (χ1) is 9.54. The summed E-state index contributed by atoms with van der Waals surface area (Å²) in [7, 11) is 0. The van der Waals surface area contributed by atoms with Crippen LogP contribution >= 0.6 is 11.8 Å². The van der Waals surface area contributed by atoms with Gasteiger partial charge in [-0.05, 0) is 36.4 Å². The van der Waals surface area contributed by atoms with Crippen LogP contribution in [0.15, 0.2) is 46.2 Å². The lowest BCUT2D eigenvalue weighted by atomic mass is 10.1. The first kappa shape index (κ1) is 12.8. The van der Waals surface area contributed by atoms with Gasteiger partial charge in [-0.15, -0.1) is 0 Å². The van der Waals surface area contributed by atoms with Crippen LogP contribution in [0.4, 0.5) is 14.5 Å². The van der Waals surface area contributed by atoms with E-state index in [9.17, 15) is 18.4 Å². The van der Waals surface area contributed by atoms with Crippen LogP contribution in [-0.2, 0) is 4.79 Å². The summed E-state index contributed by atoms with van der Waals surface area (Å²) in [6, 6.07) is 8.05. The van der Waals surface area contributed by atoms with Crippen LogP contribution in [0, 0.1) is 11.6 Å². The van der Waals surface area contributed by atoms with Crippen molar-refractivity contribution in [2.24, 2.45) is 0 Å². The minimum atomic E-state index is -0.761. The molecule has 1 aliphatic heterocycles. The largest absolute Gasteiger partial charge is 0.318 e. The molecule has 0 unspecified atom stereocenters. The molecule has 0 aliphatic carbocycles. The Morgan fingerprint density at radius 1 is 1.00 bits per heavy atom. The Bertz CT molecular complexity index is 729. The lowest BCUT2D eigenvalue weighted by Gasteiger charge is -2.05. The molecule has 0 saturated heterocycles. The van der Waals surface area contributed by atoms with Crippen LogP contribution in [0.25, 0.3) is 0 Å². The third kappa shape index (κ3) is 2.18. The summed E-state index contributed by atoms with van der Waals surface area (Å²) in [6.45, 7) is 0. The van der Waals surface area contributed by atoms with Gasteiger partial charge in [0.05, 0.1) is 16.1 Å². The highest BCUT2D eigenvalue weighted by Gasteiger charge is 2.29. The van der Waals surface area contributed by atoms with Crippen LogP contribution in [0.3, 0.4) is 0 Å². The maximum Gasteiger partial charge on any atom is 0.296 e. The summed E-state index contributed by atoms with van der Waals surface area (Å²) in [5.41, 5.74) is 0.335. The average molecular weight is 291 g/mol. The molecule has 2 aromatic carbocycles. The SMILES string of the molecule is O=C1Nc2cc(Sc3ccc(F)cc3)c(F)cc2C1=O. The van der Waals surface area contributed by atoms with Gasteiger partial charge in [0, 0.05) is 4.90 Å². The number of Topliss-reactive ketones (excluding diaryl/α,β-unsaturated/α-hetero) is 1. The molecule has 1 amide bonds. The monoisotopic (exact) mass is 291 g/mol. The number of fused-ring (bicyclic) bond motifs is 1. The fraction of sp³-hybridized carbons (Fsp3) is 0. The second-order valence-corrected chi connectivity index (χ2v) is 5.28. The molecular formula is C14H7F2NO2S. The number of amides is 1. The number of carbonyl (C=O) groups is 2. The Balaban J connectivity index is 1.96. The molecule has 1 aliphatic rings. The number of hydrogen-bond donors (Lipinski definition) is 1. The van der Waals surface area contributed by atoms with Crippen molar-refractivity contribution in [3.8, 4) is 0 Å². The van der Waals surface area contributed by atoms with Gasteiger partial charge in [0.25, 0.3) is 11.7 Å². The maximum absolute atomic E-state index is 13.9. The van der Waals surface area contributed by atoms with Crippen molar-refractivity contribution >= 4 is 29.1 Å². The van der Waals surface area contributed by atoms with Crippen LogP contribution in [0.1, 0.15) is 10.4 Å². The summed E-state index contributed by atoms with van der Waals surface area (Å²) in [4.78, 5) is 23.6. The van der Waals surface area contributed by atoms with Gasteiger partial charge in [0.15, 0.2) is 0 Å². The van der Waals surface area contributed by atoms with E-state index in [0.29, 0.717) is 10.6 Å². The highest BCUT2D eigenvalue weighted by atomic mass is 32.2. The highest BCUT2D eigenvalue weighted by Crippen LogP contribution is 2.35. The predicted octanol–water partition coefficient (Wildman–Crippen LogP) is 3.25. The van der Waals surface area contributed by atoms with Crippen molar-refractivity contribution in [2.45, 2.75) is 9.79 Å². The van der Waals surface area contributed by atoms with Gasteiger partial charge in [-0.25, -0.2) is 8.78 Å². The molecule has 3 nitrogen and oxygen atoms in total. The van der Waals surface area contributed by atoms with Crippen molar-refractivity contribution < 1.29 is 18.4 Å². The fourth-order valence-corrected chi connectivity index (χ4v) is 2.71. The number of hydrogen-bond acceptors (Lipinski definition) is 3. The van der Waals surface area contributed by atoms with Crippen LogP contribution in [0.5, 0.6) is 0 Å². The topological polar surface area (TPSA) is 46.2 Å². The third-order valence-corrected chi connectivity index (χ3v) is 3.85. The van der Waals surface area contributed by atoms with Gasteiger partial charge < -0.3 is 5.32 Å². The van der Waals surface area contributed by atoms with Crippen molar-refractivity contribution in [1.82, 2.24) is 0 Å². The third-order valence-electron chi connectivity index (χ3n) is 2.81. The molecule has 0 atom stereocenters. The lowest BCUT2D eigenvalue weighted by Crippen LogP contribution is -2.12. The van der Waals surface area contributed by atoms with E-state index in [1.165, 1.54) is 30.3 Å². The quantitative estimate of drug-likeness (QED) is 0.864. The Hall–Kier alpha value is -2.21. The van der Waals surface area contributed by atoms with Gasteiger partial charge in [-0.3, -0.25) is 9.59 Å². The standard InChI is InChI=1S/C14H7F2NO2S/c15-7-1-3-8(4-2-7)20-12-6-11-9(5-10(12)16)13(18)14(19)17-11/h1-6H,(H,17,18,19). The fourth-order valence-electron chi connectivity index (χ4n) is 1.85. The second-order valence-electron chi connectivity index (χ2n) is 4.17. The van der Waals surface area contributed by atoms with Crippen LogP contribution < -0.4 is 5.32 Å². The van der Waals surface area contributed by atoms with Crippen molar-refractivity contribution in [3.63, 3.8) is 0 Å². The zero-order valence-corrected chi connectivity index (χ0v) is 10.8. The number of anilines is 1. The van der Waals surface area contributed by atoms with E-state index in [1.54, 1.807) is 0 Å². The van der Waals surface area contributed by atoms with E-state index in [2.05, 4.69) is 5.32 Å². The zero-order chi connectivity index (χ0) is 14.3. The predicted molar refractivity (Wildman–Crippen MR) is 69.9 cm³/mol. The molecule has 0 spiro atoms. The normalized spacial score (nSPS) is 13.3. The number of benzene rings is 2. The van der Waals surface area contributed by atoms with Crippen molar-refractivity contribution in [1.29, 1.82) is 0 Å². The summed E-state index contributed by atoms with van der Waals surface area (Å²) in [6.07, 6.45) is 0. The highest BCUT2D eigenvalue weighted by molar-refractivity contribution is 7.99. The molecule has 2 aromatic rings. The molecule has 0 aromatic heterocycles. The number of halogens is 2. The Morgan fingerprint density at radius 3 is 2.40 bits per heavy atom. The Morgan fingerprint density at radius 2 is 1.70 bits per heavy atom. The summed E-state index contributed by atoms with van der Waals surface area (Å²) in [5, 5.41) is 2.38. The molecule has 6 heteroatoms. The van der Waals surface area contributed by atoms with E-state index >= 15 is 0 Å². The number of nitrogens with one attached hydrogen (secondary N) is 1. The van der Waals surface area contributed by atoms with Gasteiger partial charge in [-0.1, -0.05) is 11.8 Å². The average Bonchev–Trinajstić information content (AvgIpc) is 2.69. The van der Waals surface area contributed by atoms with Gasteiger partial charge in [0.1, 0.15) is 11.6 Å². The molecule has 20 heavy (non-hydrogen) atoms. The van der Waals surface area contributed by atoms with E-state index in [0.717, 1.165) is 17.8 Å². The van der Waals surface area contributed by atoms with Gasteiger partial charge in [-0.2, -0.15) is 0 Å². The van der Waals surface area contributed by atoms with Gasteiger partial charge in [0.2, 0.25) is 0 Å². The molecule has 1 heterocycles. The number of carbonyl (C=O) groups excluding carboxylic acids is 2. The van der Waals surface area contributed by atoms with Crippen molar-refractivity contribution in [2.75, 3.05) is 5.32 Å². The number of rotatable bonds is 2. The molecule has 0 saturated carbocycles. The molecule has 0 radical (unpaired) electrons. The van der Waals surface area contributed by atoms with E-state index in [4.69, 9.17) is 0 Å². The van der Waals surface area contributed by atoms with E-state index in [1.807, 2.05) is 0 Å². The second kappa shape index (κ2) is 4.72. The zero-order valence-electron chi connectivity index (χ0n) is 9.94. The summed E-state index contributed by atoms with van der Waals surface area (Å²) >= 11 is 1.09. The molecule has 0 bridgehead atoms. The van der Waals surface area contributed by atoms with E-state index < -0.39 is 17.5 Å². The molecule has 1 N–H and O–H groups in total. The Kier molecular flexibility index (Phi) is 3.02. The maximum atomic E-state index is 13.9. The lowest BCUT2D eigenvalue weighted by molar-refractivity contribution is -0.112. The smallest absolute Gasteiger partial charge is 0.296 e.